The van der Waals surface area contributed by atoms with Gasteiger partial charge < -0.3 is 14.6 Å². The van der Waals surface area contributed by atoms with Crippen LogP contribution in [0.25, 0.3) is 0 Å². The van der Waals surface area contributed by atoms with E-state index in [4.69, 9.17) is 16.3 Å². The zero-order chi connectivity index (χ0) is 15.2. The van der Waals surface area contributed by atoms with Crippen molar-refractivity contribution < 1.29 is 18.8 Å². The van der Waals surface area contributed by atoms with Crippen molar-refractivity contribution in [1.29, 1.82) is 0 Å². The lowest BCUT2D eigenvalue weighted by Gasteiger charge is -2.14. The summed E-state index contributed by atoms with van der Waals surface area (Å²) in [5, 5.41) is 8.25. The van der Waals surface area contributed by atoms with E-state index in [1.807, 2.05) is 6.07 Å². The maximum atomic E-state index is 11.7. The number of anilines is 1. The summed E-state index contributed by atoms with van der Waals surface area (Å²) in [6.45, 7) is 0.151. The highest BCUT2D eigenvalue weighted by Crippen LogP contribution is 2.28. The Morgan fingerprint density at radius 1 is 1.43 bits per heavy atom. The first kappa shape index (κ1) is 15.5. The Morgan fingerprint density at radius 2 is 2.24 bits per heavy atom. The molecule has 0 aliphatic rings. The van der Waals surface area contributed by atoms with Gasteiger partial charge in [0.15, 0.2) is 5.82 Å². The van der Waals surface area contributed by atoms with Gasteiger partial charge in [0.05, 0.1) is 4.34 Å². The fraction of sp³-hybridized carbons (Fsp3) is 0.250. The van der Waals surface area contributed by atoms with Crippen molar-refractivity contribution in [3.8, 4) is 0 Å². The Morgan fingerprint density at radius 3 is 2.81 bits per heavy atom. The summed E-state index contributed by atoms with van der Waals surface area (Å²) in [6.07, 6.45) is 0.918. The van der Waals surface area contributed by atoms with Gasteiger partial charge in [-0.3, -0.25) is 14.9 Å². The second-order valence-corrected chi connectivity index (χ2v) is 5.66. The molecule has 21 heavy (non-hydrogen) atoms. The molecule has 0 spiro atoms. The van der Waals surface area contributed by atoms with Crippen LogP contribution in [0.15, 0.2) is 29.0 Å². The molecule has 0 aromatic carbocycles. The van der Waals surface area contributed by atoms with Crippen LogP contribution in [-0.2, 0) is 14.3 Å². The zero-order valence-corrected chi connectivity index (χ0v) is 12.5. The molecule has 112 valence electrons. The highest BCUT2D eigenvalue weighted by atomic mass is 35.5. The number of rotatable bonds is 5. The number of thiophene rings is 1. The van der Waals surface area contributed by atoms with Crippen molar-refractivity contribution in [2.45, 2.75) is 6.10 Å². The van der Waals surface area contributed by atoms with Gasteiger partial charge in [0, 0.05) is 24.6 Å². The number of carbonyl (C=O) groups is 2. The molecule has 1 atom stereocenters. The van der Waals surface area contributed by atoms with Crippen molar-refractivity contribution in [1.82, 2.24) is 10.5 Å². The molecule has 0 bridgehead atoms. The van der Waals surface area contributed by atoms with Gasteiger partial charge in [0.1, 0.15) is 12.4 Å². The predicted octanol–water partition coefficient (Wildman–Crippen LogP) is 1.83. The number of aromatic nitrogens is 1. The van der Waals surface area contributed by atoms with Crippen molar-refractivity contribution in [2.24, 2.45) is 0 Å². The number of hydrogen-bond donors (Lipinski definition) is 2. The van der Waals surface area contributed by atoms with Crippen molar-refractivity contribution in [2.75, 3.05) is 19.0 Å². The second kappa shape index (κ2) is 7.21. The molecule has 7 nitrogen and oxygen atoms in total. The monoisotopic (exact) mass is 329 g/mol. The summed E-state index contributed by atoms with van der Waals surface area (Å²) >= 11 is 7.20. The third kappa shape index (κ3) is 4.28. The fourth-order valence-electron chi connectivity index (χ4n) is 1.52. The lowest BCUT2D eigenvalue weighted by Crippen LogP contribution is -2.37. The van der Waals surface area contributed by atoms with E-state index in [1.165, 1.54) is 30.8 Å². The van der Waals surface area contributed by atoms with Crippen LogP contribution >= 0.6 is 22.9 Å². The van der Waals surface area contributed by atoms with E-state index in [0.717, 1.165) is 4.88 Å². The number of methoxy groups -OCH3 is 1. The molecule has 0 aliphatic heterocycles. The minimum Gasteiger partial charge on any atom is -0.374 e. The van der Waals surface area contributed by atoms with Crippen molar-refractivity contribution in [3.05, 3.63) is 33.7 Å². The molecule has 0 fully saturated rings. The van der Waals surface area contributed by atoms with Crippen LogP contribution in [0, 0.1) is 0 Å². The fourth-order valence-corrected chi connectivity index (χ4v) is 2.66. The van der Waals surface area contributed by atoms with Gasteiger partial charge in [-0.05, 0) is 12.1 Å². The lowest BCUT2D eigenvalue weighted by atomic mass is 10.3. The molecule has 0 unspecified atom stereocenters. The summed E-state index contributed by atoms with van der Waals surface area (Å²) in [4.78, 5) is 24.1. The first-order valence-corrected chi connectivity index (χ1v) is 7.07. The molecule has 0 saturated heterocycles. The largest absolute Gasteiger partial charge is 0.374 e. The summed E-state index contributed by atoms with van der Waals surface area (Å²) in [5.74, 6) is -1.45. The average molecular weight is 330 g/mol. The van der Waals surface area contributed by atoms with E-state index in [9.17, 15) is 9.59 Å². The maximum Gasteiger partial charge on any atom is 0.314 e. The third-order valence-corrected chi connectivity index (χ3v) is 3.85. The highest BCUT2D eigenvalue weighted by molar-refractivity contribution is 7.16. The number of nitrogens with one attached hydrogen (secondary N) is 2. The van der Waals surface area contributed by atoms with Gasteiger partial charge in [-0.2, -0.15) is 0 Å². The van der Waals surface area contributed by atoms with E-state index in [1.54, 1.807) is 6.07 Å². The first-order chi connectivity index (χ1) is 10.1. The summed E-state index contributed by atoms with van der Waals surface area (Å²) < 4.78 is 10.4. The minimum atomic E-state index is -0.831. The standard InChI is InChI=1S/C12H12ClN3O4S/c1-19-7(8-2-3-9(13)21-8)6-14-11(17)12(18)15-10-4-5-20-16-10/h2-5,7H,6H2,1H3,(H,14,17)(H,15,16,18)/t7-/m0/s1. The molecule has 0 radical (unpaired) electrons. The molecule has 2 amide bonds. The number of nitrogens with zero attached hydrogens (tertiary/aromatic N) is 1. The van der Waals surface area contributed by atoms with Gasteiger partial charge in [0.2, 0.25) is 0 Å². The van der Waals surface area contributed by atoms with Gasteiger partial charge in [0.25, 0.3) is 0 Å². The van der Waals surface area contributed by atoms with Crippen LogP contribution < -0.4 is 10.6 Å². The summed E-state index contributed by atoms with van der Waals surface area (Å²) in [7, 11) is 1.51. The van der Waals surface area contributed by atoms with E-state index in [-0.39, 0.29) is 18.5 Å². The summed E-state index contributed by atoms with van der Waals surface area (Å²) in [6, 6.07) is 4.98. The molecule has 2 rings (SSSR count). The Hall–Kier alpha value is -1.90. The van der Waals surface area contributed by atoms with Crippen LogP contribution in [0.2, 0.25) is 4.34 Å². The maximum absolute atomic E-state index is 11.7. The van der Waals surface area contributed by atoms with Crippen LogP contribution in [0.3, 0.4) is 0 Å². The Kier molecular flexibility index (Phi) is 5.32. The molecule has 0 saturated carbocycles. The average Bonchev–Trinajstić information content (AvgIpc) is 3.11. The minimum absolute atomic E-state index is 0.151. The van der Waals surface area contributed by atoms with Crippen molar-refractivity contribution >= 4 is 40.6 Å². The molecule has 2 aromatic heterocycles. The lowest BCUT2D eigenvalue weighted by molar-refractivity contribution is -0.136. The van der Waals surface area contributed by atoms with Crippen LogP contribution in [0.4, 0.5) is 5.82 Å². The van der Waals surface area contributed by atoms with E-state index in [0.29, 0.717) is 4.34 Å². The van der Waals surface area contributed by atoms with E-state index >= 15 is 0 Å². The Balaban J connectivity index is 1.86. The zero-order valence-electron chi connectivity index (χ0n) is 11.0. The second-order valence-electron chi connectivity index (χ2n) is 3.92. The van der Waals surface area contributed by atoms with Crippen LogP contribution in [0.1, 0.15) is 11.0 Å². The quantitative estimate of drug-likeness (QED) is 0.816. The molecule has 9 heteroatoms. The summed E-state index contributed by atoms with van der Waals surface area (Å²) in [5.41, 5.74) is 0. The molecule has 2 N–H and O–H groups in total. The van der Waals surface area contributed by atoms with Gasteiger partial charge in [-0.25, -0.2) is 0 Å². The molecule has 0 aliphatic carbocycles. The number of amides is 2. The first-order valence-electron chi connectivity index (χ1n) is 5.87. The van der Waals surface area contributed by atoms with Crippen LogP contribution in [0.5, 0.6) is 0 Å². The molecule has 2 aromatic rings. The van der Waals surface area contributed by atoms with Gasteiger partial charge in [-0.15, -0.1) is 11.3 Å². The Bertz CT molecular complexity index is 614. The molecule has 2 heterocycles. The predicted molar refractivity (Wildman–Crippen MR) is 77.2 cm³/mol. The molecular weight excluding hydrogens is 318 g/mol. The topological polar surface area (TPSA) is 93.5 Å². The molecular formula is C12H12ClN3O4S. The Labute approximate surface area is 129 Å². The normalized spacial score (nSPS) is 11.9. The van der Waals surface area contributed by atoms with Gasteiger partial charge >= 0.3 is 11.8 Å². The highest BCUT2D eigenvalue weighted by Gasteiger charge is 2.18. The van der Waals surface area contributed by atoms with E-state index in [2.05, 4.69) is 20.3 Å². The number of carbonyl (C=O) groups excluding carboxylic acids is 2. The smallest absolute Gasteiger partial charge is 0.314 e. The number of hydrogen-bond acceptors (Lipinski definition) is 6. The number of halogens is 1. The van der Waals surface area contributed by atoms with Crippen LogP contribution in [-0.4, -0.2) is 30.6 Å². The van der Waals surface area contributed by atoms with Crippen molar-refractivity contribution in [3.63, 3.8) is 0 Å². The number of ether oxygens (including phenoxy) is 1. The van der Waals surface area contributed by atoms with E-state index < -0.39 is 11.8 Å². The van der Waals surface area contributed by atoms with Gasteiger partial charge in [-0.1, -0.05) is 16.8 Å². The SMILES string of the molecule is CO[C@@H](CNC(=O)C(=O)Nc1ccon1)c1ccc(Cl)s1. The third-order valence-electron chi connectivity index (χ3n) is 2.53.